The molecule has 0 saturated carbocycles. The smallest absolute Gasteiger partial charge is 0.417 e. The van der Waals surface area contributed by atoms with Crippen LogP contribution in [0.15, 0.2) is 48.5 Å². The second-order valence-electron chi connectivity index (χ2n) is 11.4. The van der Waals surface area contributed by atoms with Crippen molar-refractivity contribution >= 4 is 17.8 Å². The van der Waals surface area contributed by atoms with Gasteiger partial charge in [0.1, 0.15) is 19.2 Å². The van der Waals surface area contributed by atoms with Crippen molar-refractivity contribution in [3.05, 3.63) is 65.2 Å². The Morgan fingerprint density at radius 2 is 1.37 bits per heavy atom. The maximum absolute atomic E-state index is 13.8. The number of halogens is 6. The molecule has 3 rings (SSSR count). The number of nitrogens with one attached hydrogen (secondary N) is 2. The summed E-state index contributed by atoms with van der Waals surface area (Å²) in [6.45, 7) is 6.19. The number of amides is 2. The number of carbonyl (C=O) groups excluding carboxylic acids is 3. The van der Waals surface area contributed by atoms with Gasteiger partial charge in [-0.15, -0.1) is 5.10 Å². The summed E-state index contributed by atoms with van der Waals surface area (Å²) in [7, 11) is 0. The van der Waals surface area contributed by atoms with Crippen LogP contribution in [0.25, 0.3) is 11.4 Å². The second-order valence-corrected chi connectivity index (χ2v) is 11.4. The van der Waals surface area contributed by atoms with E-state index in [1.54, 1.807) is 58.0 Å². The molecule has 0 aliphatic carbocycles. The van der Waals surface area contributed by atoms with E-state index in [0.29, 0.717) is 28.4 Å². The minimum absolute atomic E-state index is 0.0566. The molecule has 2 amide bonds. The third-order valence-electron chi connectivity index (χ3n) is 6.68. The van der Waals surface area contributed by atoms with Crippen LogP contribution in [0.5, 0.6) is 0 Å². The molecule has 0 saturated heterocycles. The van der Waals surface area contributed by atoms with E-state index in [4.69, 9.17) is 4.74 Å². The minimum Gasteiger partial charge on any atom is -0.445 e. The molecule has 0 bridgehead atoms. The molecule has 0 radical (unpaired) electrons. The topological polar surface area (TPSA) is 128 Å². The van der Waals surface area contributed by atoms with Gasteiger partial charge in [0.05, 0.1) is 17.2 Å². The van der Waals surface area contributed by atoms with Crippen molar-refractivity contribution in [3.63, 3.8) is 0 Å². The van der Waals surface area contributed by atoms with Crippen LogP contribution < -0.4 is 10.6 Å². The van der Waals surface area contributed by atoms with E-state index in [-0.39, 0.29) is 31.3 Å². The number of tetrazole rings is 1. The van der Waals surface area contributed by atoms with Crippen LogP contribution >= 0.6 is 0 Å². The molecule has 1 aromatic heterocycles. The second kappa shape index (κ2) is 15.2. The van der Waals surface area contributed by atoms with Gasteiger partial charge in [0.2, 0.25) is 5.91 Å². The number of carbonyl (C=O) groups is 3. The number of Topliss-reactive ketones (excluding diaryl/α,β-unsaturated/α-hetero) is 1. The number of hydrogen-bond acceptors (Lipinski definition) is 7. The normalized spacial score (nSPS) is 13.4. The van der Waals surface area contributed by atoms with E-state index in [1.807, 2.05) is 0 Å². The number of alkyl carbamates (subject to hydrolysis) is 1. The van der Waals surface area contributed by atoms with Gasteiger partial charge in [-0.2, -0.15) is 26.3 Å². The van der Waals surface area contributed by atoms with Gasteiger partial charge >= 0.3 is 18.4 Å². The Balaban J connectivity index is 1.85. The quantitative estimate of drug-likeness (QED) is 0.222. The molecule has 2 atom stereocenters. The fourth-order valence-corrected chi connectivity index (χ4v) is 4.64. The zero-order valence-corrected chi connectivity index (χ0v) is 25.4. The first-order valence-corrected chi connectivity index (χ1v) is 14.3. The fraction of sp³-hybridized carbons (Fsp3) is 0.467. The molecule has 2 N–H and O–H groups in total. The predicted molar refractivity (Wildman–Crippen MR) is 153 cm³/mol. The average Bonchev–Trinajstić information content (AvgIpc) is 3.41. The van der Waals surface area contributed by atoms with Crippen LogP contribution in [0.1, 0.15) is 57.2 Å². The summed E-state index contributed by atoms with van der Waals surface area (Å²) in [6, 6.07) is 7.97. The van der Waals surface area contributed by atoms with Gasteiger partial charge in [0.15, 0.2) is 11.6 Å². The van der Waals surface area contributed by atoms with E-state index < -0.39 is 71.3 Å². The van der Waals surface area contributed by atoms with Gasteiger partial charge in [-0.1, -0.05) is 64.1 Å². The van der Waals surface area contributed by atoms with Crippen molar-refractivity contribution in [1.82, 2.24) is 30.8 Å². The molecule has 250 valence electrons. The van der Waals surface area contributed by atoms with Gasteiger partial charge in [-0.3, -0.25) is 9.59 Å². The van der Waals surface area contributed by atoms with Crippen molar-refractivity contribution in [1.29, 1.82) is 0 Å². The van der Waals surface area contributed by atoms with Crippen LogP contribution in [-0.2, 0) is 39.8 Å². The summed E-state index contributed by atoms with van der Waals surface area (Å²) in [4.78, 5) is 39.3. The number of rotatable bonds is 13. The number of ether oxygens (including phenoxy) is 1. The van der Waals surface area contributed by atoms with Crippen LogP contribution in [0, 0.1) is 11.8 Å². The summed E-state index contributed by atoms with van der Waals surface area (Å²) in [6.07, 6.45) is -11.1. The molecule has 0 unspecified atom stereocenters. The number of alkyl halides is 6. The molecule has 2 aromatic carbocycles. The Kier molecular flexibility index (Phi) is 11.9. The lowest BCUT2D eigenvalue weighted by atomic mass is 9.97. The number of hydrogen-bond donors (Lipinski definition) is 2. The molecular weight excluding hydrogens is 622 g/mol. The van der Waals surface area contributed by atoms with Crippen molar-refractivity contribution in [2.45, 2.75) is 78.1 Å². The Labute approximate surface area is 260 Å². The van der Waals surface area contributed by atoms with Crippen LogP contribution in [0.2, 0.25) is 0 Å². The standard InChI is InChI=1S/C30H34F6N6O4/c1-17(2)13-22(37-27(44)23(14-18(3)4)38-28(45)46-16-19-9-6-5-7-10-19)24(43)15-42-26(39-40-41-42)25-20(29(31,32)33)11-8-12-21(25)30(34,35)36/h5-12,17-18,22-23H,13-16H2,1-4H3,(H,37,44)(H,38,45)/t22-,23-/m0/s1. The van der Waals surface area contributed by atoms with Gasteiger partial charge < -0.3 is 15.4 Å². The van der Waals surface area contributed by atoms with Crippen LogP contribution in [0.4, 0.5) is 31.1 Å². The predicted octanol–water partition coefficient (Wildman–Crippen LogP) is 5.82. The maximum Gasteiger partial charge on any atom is 0.417 e. The molecule has 46 heavy (non-hydrogen) atoms. The first-order chi connectivity index (χ1) is 21.5. The minimum atomic E-state index is -5.20. The van der Waals surface area contributed by atoms with E-state index in [1.165, 1.54) is 0 Å². The molecular formula is C30H34F6N6O4. The number of aromatic nitrogens is 4. The van der Waals surface area contributed by atoms with Crippen molar-refractivity contribution in [2.75, 3.05) is 0 Å². The van der Waals surface area contributed by atoms with Crippen molar-refractivity contribution in [2.24, 2.45) is 11.8 Å². The number of ketones is 1. The Morgan fingerprint density at radius 1 is 0.804 bits per heavy atom. The summed E-state index contributed by atoms with van der Waals surface area (Å²) in [5, 5.41) is 15.2. The summed E-state index contributed by atoms with van der Waals surface area (Å²) in [5.74, 6) is -2.71. The molecule has 16 heteroatoms. The summed E-state index contributed by atoms with van der Waals surface area (Å²) in [5.41, 5.74) is -3.90. The van der Waals surface area contributed by atoms with Gasteiger partial charge in [0, 0.05) is 5.56 Å². The summed E-state index contributed by atoms with van der Waals surface area (Å²) >= 11 is 0. The van der Waals surface area contributed by atoms with Crippen molar-refractivity contribution in [3.8, 4) is 11.4 Å². The molecule has 1 heterocycles. The monoisotopic (exact) mass is 656 g/mol. The Morgan fingerprint density at radius 3 is 1.91 bits per heavy atom. The molecule has 0 fully saturated rings. The third-order valence-corrected chi connectivity index (χ3v) is 6.68. The van der Waals surface area contributed by atoms with E-state index in [0.717, 1.165) is 0 Å². The van der Waals surface area contributed by atoms with E-state index in [9.17, 15) is 40.7 Å². The van der Waals surface area contributed by atoms with E-state index in [2.05, 4.69) is 26.2 Å². The first-order valence-electron chi connectivity index (χ1n) is 14.3. The zero-order valence-electron chi connectivity index (χ0n) is 25.4. The lowest BCUT2D eigenvalue weighted by Gasteiger charge is -2.25. The summed E-state index contributed by atoms with van der Waals surface area (Å²) < 4.78 is 88.6. The lowest BCUT2D eigenvalue weighted by Crippen LogP contribution is -2.52. The van der Waals surface area contributed by atoms with Crippen LogP contribution in [-0.4, -0.2) is 50.1 Å². The molecule has 0 spiro atoms. The Hall–Kier alpha value is -4.50. The van der Waals surface area contributed by atoms with Gasteiger partial charge in [-0.05, 0) is 52.8 Å². The molecule has 0 aliphatic rings. The molecule has 3 aromatic rings. The number of nitrogens with zero attached hydrogens (tertiary/aromatic N) is 4. The highest BCUT2D eigenvalue weighted by Crippen LogP contribution is 2.43. The van der Waals surface area contributed by atoms with Gasteiger partial charge in [-0.25, -0.2) is 9.48 Å². The lowest BCUT2D eigenvalue weighted by molar-refractivity contribution is -0.142. The first kappa shape index (κ1) is 36.0. The maximum atomic E-state index is 13.8. The van der Waals surface area contributed by atoms with Crippen molar-refractivity contribution < 1.29 is 45.5 Å². The SMILES string of the molecule is CC(C)C[C@H](NC(=O)[C@H](CC(C)C)NC(=O)OCc1ccccc1)C(=O)Cn1nnnc1-c1c(C(F)(F)F)cccc1C(F)(F)F. The van der Waals surface area contributed by atoms with E-state index >= 15 is 0 Å². The molecule has 10 nitrogen and oxygen atoms in total. The third kappa shape index (κ3) is 10.0. The highest BCUT2D eigenvalue weighted by Gasteiger charge is 2.43. The zero-order chi connectivity index (χ0) is 34.2. The van der Waals surface area contributed by atoms with Gasteiger partial charge in [0.25, 0.3) is 0 Å². The fourth-order valence-electron chi connectivity index (χ4n) is 4.64. The highest BCUT2D eigenvalue weighted by atomic mass is 19.4. The number of benzene rings is 2. The Bertz CT molecular complexity index is 1460. The van der Waals surface area contributed by atoms with Crippen LogP contribution in [0.3, 0.4) is 0 Å². The largest absolute Gasteiger partial charge is 0.445 e. The average molecular weight is 657 g/mol. The highest BCUT2D eigenvalue weighted by molar-refractivity contribution is 5.92. The molecule has 0 aliphatic heterocycles.